The number of amides is 1. The molecule has 1 unspecified atom stereocenters. The molecule has 146 valence electrons. The number of aromatic nitrogens is 2. The normalized spacial score (nSPS) is 12.4. The number of fused-ring (bicyclic) bond motifs is 1. The molecule has 1 amide bonds. The van der Waals surface area contributed by atoms with Gasteiger partial charge in [0.25, 0.3) is 5.56 Å². The smallest absolute Gasteiger partial charge is 0.262 e. The van der Waals surface area contributed by atoms with Crippen LogP contribution in [0.2, 0.25) is 5.02 Å². The molecule has 0 aliphatic rings. The topological polar surface area (TPSA) is 64.0 Å². The van der Waals surface area contributed by atoms with Gasteiger partial charge in [0.1, 0.15) is 5.82 Å². The number of halogens is 2. The molecule has 0 saturated heterocycles. The maximum atomic E-state index is 13.3. The Hall–Kier alpha value is -2.38. The van der Waals surface area contributed by atoms with Gasteiger partial charge < -0.3 is 5.32 Å². The maximum Gasteiger partial charge on any atom is 0.262 e. The zero-order valence-corrected chi connectivity index (χ0v) is 17.1. The van der Waals surface area contributed by atoms with E-state index in [9.17, 15) is 14.0 Å². The third-order valence-electron chi connectivity index (χ3n) is 4.13. The van der Waals surface area contributed by atoms with Crippen LogP contribution >= 0.6 is 23.4 Å². The van der Waals surface area contributed by atoms with Gasteiger partial charge in [0.15, 0.2) is 5.16 Å². The highest BCUT2D eigenvalue weighted by Crippen LogP contribution is 2.26. The fraction of sp³-hybridized carbons (Fsp3) is 0.250. The average molecular weight is 420 g/mol. The molecule has 0 bridgehead atoms. The SMILES string of the molecule is CC(Sc1nc2ccccc2c(=O)n1C(C)C)C(=O)Nc1ccc(F)c(Cl)c1. The van der Waals surface area contributed by atoms with Gasteiger partial charge in [-0.2, -0.15) is 0 Å². The molecule has 0 saturated carbocycles. The van der Waals surface area contributed by atoms with Crippen molar-refractivity contribution in [3.8, 4) is 0 Å². The van der Waals surface area contributed by atoms with Crippen molar-refractivity contribution in [1.82, 2.24) is 9.55 Å². The van der Waals surface area contributed by atoms with E-state index in [0.717, 1.165) is 0 Å². The van der Waals surface area contributed by atoms with Crippen LogP contribution < -0.4 is 10.9 Å². The summed E-state index contributed by atoms with van der Waals surface area (Å²) in [6.07, 6.45) is 0. The van der Waals surface area contributed by atoms with E-state index in [1.165, 1.54) is 30.0 Å². The van der Waals surface area contributed by atoms with Crippen LogP contribution in [0.5, 0.6) is 0 Å². The van der Waals surface area contributed by atoms with Gasteiger partial charge in [-0.25, -0.2) is 9.37 Å². The van der Waals surface area contributed by atoms with Crippen molar-refractivity contribution in [2.45, 2.75) is 37.2 Å². The number of nitrogens with zero attached hydrogens (tertiary/aromatic N) is 2. The molecule has 1 aromatic heterocycles. The number of hydrogen-bond donors (Lipinski definition) is 1. The predicted octanol–water partition coefficient (Wildman–Crippen LogP) is 4.89. The summed E-state index contributed by atoms with van der Waals surface area (Å²) in [7, 11) is 0. The molecular weight excluding hydrogens is 401 g/mol. The number of benzene rings is 2. The molecule has 0 fully saturated rings. The molecule has 3 rings (SSSR count). The minimum atomic E-state index is -0.552. The van der Waals surface area contributed by atoms with Crippen molar-refractivity contribution in [3.05, 3.63) is 63.7 Å². The van der Waals surface area contributed by atoms with E-state index >= 15 is 0 Å². The van der Waals surface area contributed by atoms with Crippen LogP contribution in [0.15, 0.2) is 52.4 Å². The molecule has 3 aromatic rings. The lowest BCUT2D eigenvalue weighted by Gasteiger charge is -2.18. The molecule has 28 heavy (non-hydrogen) atoms. The summed E-state index contributed by atoms with van der Waals surface area (Å²) in [4.78, 5) is 30.0. The highest BCUT2D eigenvalue weighted by Gasteiger charge is 2.21. The number of thioether (sulfide) groups is 1. The first-order valence-corrected chi connectivity index (χ1v) is 9.97. The summed E-state index contributed by atoms with van der Waals surface area (Å²) in [6, 6.07) is 11.0. The molecule has 8 heteroatoms. The Bertz CT molecular complexity index is 1100. The first-order chi connectivity index (χ1) is 13.3. The van der Waals surface area contributed by atoms with Crippen molar-refractivity contribution in [1.29, 1.82) is 0 Å². The Labute approximate surface area is 170 Å². The van der Waals surface area contributed by atoms with E-state index in [1.807, 2.05) is 19.9 Å². The van der Waals surface area contributed by atoms with Crippen molar-refractivity contribution in [2.24, 2.45) is 0 Å². The number of hydrogen-bond acceptors (Lipinski definition) is 4. The van der Waals surface area contributed by atoms with E-state index in [1.54, 1.807) is 29.7 Å². The third kappa shape index (κ3) is 4.20. The molecule has 1 heterocycles. The summed E-state index contributed by atoms with van der Waals surface area (Å²) in [5.41, 5.74) is 0.849. The third-order valence-corrected chi connectivity index (χ3v) is 5.49. The summed E-state index contributed by atoms with van der Waals surface area (Å²) in [5.74, 6) is -0.853. The Morgan fingerprint density at radius 3 is 2.61 bits per heavy atom. The first kappa shape index (κ1) is 20.4. The van der Waals surface area contributed by atoms with Crippen LogP contribution in [-0.4, -0.2) is 20.7 Å². The summed E-state index contributed by atoms with van der Waals surface area (Å²) >= 11 is 6.95. The lowest BCUT2D eigenvalue weighted by atomic mass is 10.2. The molecule has 0 spiro atoms. The Balaban J connectivity index is 1.88. The fourth-order valence-electron chi connectivity index (χ4n) is 2.69. The number of rotatable bonds is 5. The van der Waals surface area contributed by atoms with E-state index < -0.39 is 11.1 Å². The summed E-state index contributed by atoms with van der Waals surface area (Å²) in [5, 5.41) is 3.11. The Morgan fingerprint density at radius 1 is 1.21 bits per heavy atom. The molecular formula is C20H19ClFN3O2S. The van der Waals surface area contributed by atoms with Crippen LogP contribution in [0.1, 0.15) is 26.8 Å². The second-order valence-electron chi connectivity index (χ2n) is 6.56. The molecule has 1 atom stereocenters. The molecule has 2 aromatic carbocycles. The van der Waals surface area contributed by atoms with Gasteiger partial charge in [-0.1, -0.05) is 35.5 Å². The molecule has 0 radical (unpaired) electrons. The molecule has 0 aliphatic carbocycles. The zero-order chi connectivity index (χ0) is 20.4. The van der Waals surface area contributed by atoms with Gasteiger partial charge in [0.05, 0.1) is 21.2 Å². The first-order valence-electron chi connectivity index (χ1n) is 8.71. The van der Waals surface area contributed by atoms with Gasteiger partial charge in [0.2, 0.25) is 5.91 Å². The van der Waals surface area contributed by atoms with Gasteiger partial charge in [-0.3, -0.25) is 14.2 Å². The minimum absolute atomic E-state index is 0.0667. The summed E-state index contributed by atoms with van der Waals surface area (Å²) < 4.78 is 14.9. The number of anilines is 1. The maximum absolute atomic E-state index is 13.3. The number of para-hydroxylation sites is 1. The highest BCUT2D eigenvalue weighted by atomic mass is 35.5. The van der Waals surface area contributed by atoms with Crippen LogP contribution in [0.3, 0.4) is 0 Å². The summed E-state index contributed by atoms with van der Waals surface area (Å²) in [6.45, 7) is 5.51. The number of carbonyl (C=O) groups is 1. The van der Waals surface area contributed by atoms with Crippen molar-refractivity contribution in [2.75, 3.05) is 5.32 Å². The Kier molecular flexibility index (Phi) is 6.05. The molecule has 1 N–H and O–H groups in total. The van der Waals surface area contributed by atoms with Gasteiger partial charge in [0, 0.05) is 11.7 Å². The van der Waals surface area contributed by atoms with Crippen LogP contribution in [-0.2, 0) is 4.79 Å². The standard InChI is InChI=1S/C20H19ClFN3O2S/c1-11(2)25-19(27)14-6-4-5-7-17(14)24-20(25)28-12(3)18(26)23-13-8-9-16(22)15(21)10-13/h4-12H,1-3H3,(H,23,26). The Morgan fingerprint density at radius 2 is 1.93 bits per heavy atom. The van der Waals surface area contributed by atoms with E-state index in [-0.39, 0.29) is 22.5 Å². The van der Waals surface area contributed by atoms with E-state index in [4.69, 9.17) is 11.6 Å². The second-order valence-corrected chi connectivity index (χ2v) is 8.27. The molecule has 0 aliphatic heterocycles. The van der Waals surface area contributed by atoms with Gasteiger partial charge in [-0.15, -0.1) is 0 Å². The highest BCUT2D eigenvalue weighted by molar-refractivity contribution is 8.00. The second kappa shape index (κ2) is 8.32. The molecule has 5 nitrogen and oxygen atoms in total. The van der Waals surface area contributed by atoms with E-state index in [2.05, 4.69) is 10.3 Å². The monoisotopic (exact) mass is 419 g/mol. The fourth-order valence-corrected chi connectivity index (χ4v) is 3.91. The van der Waals surface area contributed by atoms with Crippen molar-refractivity contribution < 1.29 is 9.18 Å². The van der Waals surface area contributed by atoms with E-state index in [0.29, 0.717) is 21.7 Å². The van der Waals surface area contributed by atoms with Crippen LogP contribution in [0, 0.1) is 5.82 Å². The number of carbonyl (C=O) groups excluding carboxylic acids is 1. The van der Waals surface area contributed by atoms with Crippen LogP contribution in [0.25, 0.3) is 10.9 Å². The predicted molar refractivity (Wildman–Crippen MR) is 112 cm³/mol. The van der Waals surface area contributed by atoms with Crippen LogP contribution in [0.4, 0.5) is 10.1 Å². The van der Waals surface area contributed by atoms with Gasteiger partial charge >= 0.3 is 0 Å². The van der Waals surface area contributed by atoms with Gasteiger partial charge in [-0.05, 0) is 51.1 Å². The lowest BCUT2D eigenvalue weighted by molar-refractivity contribution is -0.115. The van der Waals surface area contributed by atoms with Crippen molar-refractivity contribution in [3.63, 3.8) is 0 Å². The van der Waals surface area contributed by atoms with Crippen molar-refractivity contribution >= 4 is 45.9 Å². The number of nitrogens with one attached hydrogen (secondary N) is 1. The quantitative estimate of drug-likeness (QED) is 0.472. The zero-order valence-electron chi connectivity index (χ0n) is 15.6. The average Bonchev–Trinajstić information content (AvgIpc) is 2.64. The minimum Gasteiger partial charge on any atom is -0.325 e. The largest absolute Gasteiger partial charge is 0.325 e. The lowest BCUT2D eigenvalue weighted by Crippen LogP contribution is -2.28.